The number of nitrogens with one attached hydrogen (secondary N) is 2. The van der Waals surface area contributed by atoms with E-state index in [2.05, 4.69) is 24.2 Å². The number of nitrogens with zero attached hydrogens (tertiary/aromatic N) is 2. The topological polar surface area (TPSA) is 215 Å². The molecule has 0 spiro atoms. The number of ether oxygens (including phenoxy) is 1. The molecule has 0 fully saturated rings. The van der Waals surface area contributed by atoms with Gasteiger partial charge in [0.25, 0.3) is 20.0 Å². The van der Waals surface area contributed by atoms with E-state index in [1.807, 2.05) is 121 Å². The lowest BCUT2D eigenvalue weighted by Crippen LogP contribution is -2.29. The van der Waals surface area contributed by atoms with Gasteiger partial charge in [-0.2, -0.15) is 16.8 Å². The number of benzene rings is 6. The molecule has 0 unspecified atom stereocenters. The Kier molecular flexibility index (Phi) is 13.9. The number of carbonyl (C=O) groups is 4. The molecule has 0 bridgehead atoms. The van der Waals surface area contributed by atoms with Crippen molar-refractivity contribution >= 4 is 66.6 Å². The van der Waals surface area contributed by atoms with Crippen molar-refractivity contribution in [3.63, 3.8) is 0 Å². The highest BCUT2D eigenvalue weighted by Gasteiger charge is 2.31. The summed E-state index contributed by atoms with van der Waals surface area (Å²) in [6.45, 7) is 0. The zero-order valence-corrected chi connectivity index (χ0v) is 36.5. The molecule has 6 aromatic carbocycles. The molecule has 0 atom stereocenters. The number of esters is 1. The molecule has 0 radical (unpaired) electrons. The Morgan fingerprint density at radius 3 is 1.20 bits per heavy atom. The predicted octanol–water partition coefficient (Wildman–Crippen LogP) is 8.25. The molecule has 0 amide bonds. The second-order valence-electron chi connectivity index (χ2n) is 15.0. The van der Waals surface area contributed by atoms with E-state index in [-0.39, 0.29) is 68.6 Å². The number of sulfonamides is 2. The molecule has 2 aliphatic heterocycles. The number of methoxy groups -OCH3 is 1. The number of hydrogen-bond donors (Lipinski definition) is 3. The van der Waals surface area contributed by atoms with Crippen molar-refractivity contribution in [3.8, 4) is 0 Å². The van der Waals surface area contributed by atoms with Crippen LogP contribution in [0.4, 0.5) is 11.4 Å². The van der Waals surface area contributed by atoms with Gasteiger partial charge in [0.2, 0.25) is 0 Å². The van der Waals surface area contributed by atoms with Crippen molar-refractivity contribution in [1.82, 2.24) is 0 Å². The number of rotatable bonds is 14. The number of hydrogen-bond acceptors (Lipinski definition) is 11. The average Bonchev–Trinajstić information content (AvgIpc) is 3.32. The first-order valence-electron chi connectivity index (χ1n) is 20.3. The van der Waals surface area contributed by atoms with Gasteiger partial charge in [-0.25, -0.2) is 9.59 Å². The minimum Gasteiger partial charge on any atom is -0.478 e. The van der Waals surface area contributed by atoms with E-state index < -0.39 is 43.6 Å². The Morgan fingerprint density at radius 1 is 0.523 bits per heavy atom. The average molecular weight is 911 g/mol. The van der Waals surface area contributed by atoms with Gasteiger partial charge < -0.3 is 20.5 Å². The highest BCUT2D eigenvalue weighted by Crippen LogP contribution is 2.34. The zero-order chi connectivity index (χ0) is 46.1. The smallest absolute Gasteiger partial charge is 0.337 e. The molecular formula is C49H42N4O10S2. The summed E-state index contributed by atoms with van der Waals surface area (Å²) in [5.41, 5.74) is 4.51. The number of Topliss-reactive ketones (excluding diaryl/α,β-unsaturated/α-hetero) is 2. The van der Waals surface area contributed by atoms with Crippen molar-refractivity contribution in [3.05, 3.63) is 191 Å². The van der Waals surface area contributed by atoms with E-state index in [0.717, 1.165) is 28.3 Å². The molecular weight excluding hydrogens is 869 g/mol. The van der Waals surface area contributed by atoms with Gasteiger partial charge in [-0.15, -0.1) is 8.80 Å². The van der Waals surface area contributed by atoms with E-state index in [9.17, 15) is 36.0 Å². The molecule has 0 aliphatic carbocycles. The van der Waals surface area contributed by atoms with Gasteiger partial charge in [-0.3, -0.25) is 9.59 Å². The summed E-state index contributed by atoms with van der Waals surface area (Å²) < 4.78 is 62.5. The summed E-state index contributed by atoms with van der Waals surface area (Å²) in [5.74, 6) is -3.29. The van der Waals surface area contributed by atoms with Crippen LogP contribution in [0.1, 0.15) is 80.5 Å². The molecule has 0 aromatic heterocycles. The summed E-state index contributed by atoms with van der Waals surface area (Å²) in [6, 6.07) is 47.0. The minimum absolute atomic E-state index is 0.0213. The maximum atomic E-state index is 13.0. The molecule has 2 aliphatic rings. The van der Waals surface area contributed by atoms with Crippen molar-refractivity contribution < 1.29 is 45.9 Å². The lowest BCUT2D eigenvalue weighted by molar-refractivity contribution is -0.113. The van der Waals surface area contributed by atoms with Crippen molar-refractivity contribution in [2.24, 2.45) is 8.80 Å². The summed E-state index contributed by atoms with van der Waals surface area (Å²) in [7, 11) is -7.13. The van der Waals surface area contributed by atoms with Crippen LogP contribution in [0.25, 0.3) is 0 Å². The van der Waals surface area contributed by atoms with Gasteiger partial charge in [0.05, 0.1) is 29.6 Å². The van der Waals surface area contributed by atoms with E-state index in [4.69, 9.17) is 5.11 Å². The first-order valence-corrected chi connectivity index (χ1v) is 23.2. The number of ketones is 2. The number of carbonyl (C=O) groups excluding carboxylic acids is 3. The fourth-order valence-corrected chi connectivity index (χ4v) is 9.84. The number of amidine groups is 2. The Morgan fingerprint density at radius 2 is 0.862 bits per heavy atom. The third-order valence-corrected chi connectivity index (χ3v) is 13.4. The van der Waals surface area contributed by atoms with Gasteiger partial charge in [-0.05, 0) is 71.5 Å². The highest BCUT2D eigenvalue weighted by molar-refractivity contribution is 7.91. The van der Waals surface area contributed by atoms with Crippen LogP contribution in [0.5, 0.6) is 0 Å². The van der Waals surface area contributed by atoms with Crippen molar-refractivity contribution in [2.45, 2.75) is 47.3 Å². The van der Waals surface area contributed by atoms with Crippen LogP contribution in [0.3, 0.4) is 0 Å². The summed E-state index contributed by atoms with van der Waals surface area (Å²) in [5, 5.41) is 14.7. The molecule has 16 heteroatoms. The van der Waals surface area contributed by atoms with Gasteiger partial charge >= 0.3 is 11.9 Å². The minimum atomic E-state index is -4.19. The molecule has 3 N–H and O–H groups in total. The standard InChI is InChI=1S/C25H22N2O5S.C24H20N2O5S/c1-32-25(29)19-12-14-21-23(16-19)33(30,31)27-24(26-21)22(28)15-13-20(17-8-4-2-5-9-17)18-10-6-3-7-11-18;27-21(14-12-19(16-7-3-1-4-8-16)17-9-5-2-6-10-17)23-25-20-13-11-18(24(28)29)15-22(20)32(30,31)26-23/h2-12,14,16,20H,13,15H2,1H3,(H,26,27);1-11,13,15,19H,12,14H2,(H,25,26)(H,28,29). The van der Waals surface area contributed by atoms with E-state index in [1.165, 1.54) is 37.4 Å². The molecule has 0 saturated carbocycles. The number of anilines is 2. The second-order valence-corrected chi connectivity index (χ2v) is 18.1. The largest absolute Gasteiger partial charge is 0.478 e. The summed E-state index contributed by atoms with van der Waals surface area (Å²) in [4.78, 5) is 48.3. The quantitative estimate of drug-likeness (QED) is 0.0881. The Bertz CT molecular complexity index is 2960. The Balaban J connectivity index is 0.000000194. The molecule has 0 saturated heterocycles. The zero-order valence-electron chi connectivity index (χ0n) is 34.8. The van der Waals surface area contributed by atoms with E-state index in [1.54, 1.807) is 0 Å². The first-order chi connectivity index (χ1) is 31.2. The molecule has 6 aromatic rings. The normalized spacial score (nSPS) is 14.1. The molecule has 14 nitrogen and oxygen atoms in total. The van der Waals surface area contributed by atoms with Gasteiger partial charge in [0.15, 0.2) is 23.2 Å². The fraction of sp³-hybridized carbons (Fsp3) is 0.143. The Labute approximate surface area is 375 Å². The summed E-state index contributed by atoms with van der Waals surface area (Å²) in [6.07, 6.45) is 1.14. The lowest BCUT2D eigenvalue weighted by Gasteiger charge is -2.20. The third kappa shape index (κ3) is 10.8. The lowest BCUT2D eigenvalue weighted by atomic mass is 9.87. The molecule has 65 heavy (non-hydrogen) atoms. The van der Waals surface area contributed by atoms with Crippen LogP contribution in [0.2, 0.25) is 0 Å². The molecule has 330 valence electrons. The van der Waals surface area contributed by atoms with Gasteiger partial charge in [-0.1, -0.05) is 121 Å². The number of fused-ring (bicyclic) bond motifs is 2. The van der Waals surface area contributed by atoms with Crippen LogP contribution in [0.15, 0.2) is 176 Å². The number of carboxylic acid groups (broad SMARTS) is 1. The van der Waals surface area contributed by atoms with Crippen molar-refractivity contribution in [1.29, 1.82) is 0 Å². The molecule has 8 rings (SSSR count). The van der Waals surface area contributed by atoms with Gasteiger partial charge in [0, 0.05) is 24.7 Å². The number of carboxylic acids is 1. The first kappa shape index (κ1) is 45.5. The third-order valence-electron chi connectivity index (χ3n) is 10.8. The maximum absolute atomic E-state index is 13.0. The predicted molar refractivity (Wildman–Crippen MR) is 246 cm³/mol. The van der Waals surface area contributed by atoms with Crippen LogP contribution in [-0.2, 0) is 34.4 Å². The van der Waals surface area contributed by atoms with Crippen LogP contribution in [0, 0.1) is 0 Å². The highest BCUT2D eigenvalue weighted by atomic mass is 32.2. The van der Waals surface area contributed by atoms with Crippen LogP contribution >= 0.6 is 0 Å². The monoisotopic (exact) mass is 910 g/mol. The Hall–Kier alpha value is -7.56. The maximum Gasteiger partial charge on any atom is 0.337 e. The summed E-state index contributed by atoms with van der Waals surface area (Å²) >= 11 is 0. The van der Waals surface area contributed by atoms with E-state index >= 15 is 0 Å². The second kappa shape index (κ2) is 19.9. The SMILES string of the molecule is COC(=O)c1ccc2c(c1)S(=O)(=O)N=C(C(=O)CCC(c1ccccc1)c1ccccc1)N2.O=C(CCC(c1ccccc1)c1ccccc1)C1=NS(=O)(=O)c2cc(C(=O)O)ccc2N1. The van der Waals surface area contributed by atoms with Gasteiger partial charge in [0.1, 0.15) is 9.79 Å². The van der Waals surface area contributed by atoms with Crippen LogP contribution < -0.4 is 10.6 Å². The molecule has 2 heterocycles. The fourth-order valence-electron chi connectivity index (χ4n) is 7.52. The number of aromatic carboxylic acids is 1. The van der Waals surface area contributed by atoms with Crippen LogP contribution in [-0.4, -0.2) is 64.2 Å². The van der Waals surface area contributed by atoms with Crippen molar-refractivity contribution in [2.75, 3.05) is 17.7 Å². The van der Waals surface area contributed by atoms with E-state index in [0.29, 0.717) is 12.8 Å².